The highest BCUT2D eigenvalue weighted by atomic mass is 127. The summed E-state index contributed by atoms with van der Waals surface area (Å²) < 4.78 is 2.02. The molecule has 1 unspecified atom stereocenters. The Bertz CT molecular complexity index is 681. The summed E-state index contributed by atoms with van der Waals surface area (Å²) >= 11 is 0. The van der Waals surface area contributed by atoms with Gasteiger partial charge in [0.1, 0.15) is 12.4 Å². The first-order valence-corrected chi connectivity index (χ1v) is 11.5. The SMILES string of the molecule is CCN1CCCC1CNC(=NCc1nnc(C)n1C)NCC1(CC(C)C)CCC1.I. The third-order valence-corrected chi connectivity index (χ3v) is 6.86. The second-order valence-electron chi connectivity index (χ2n) is 9.50. The molecule has 7 nitrogen and oxygen atoms in total. The summed E-state index contributed by atoms with van der Waals surface area (Å²) in [5, 5.41) is 15.7. The molecule has 0 radical (unpaired) electrons. The molecule has 2 heterocycles. The molecular formula is C22H42IN7. The Kier molecular flexibility index (Phi) is 9.84. The molecule has 1 aliphatic heterocycles. The van der Waals surface area contributed by atoms with Crippen LogP contribution >= 0.6 is 24.0 Å². The molecule has 1 aromatic heterocycles. The van der Waals surface area contributed by atoms with Crippen LogP contribution in [0.25, 0.3) is 0 Å². The minimum atomic E-state index is 0. The number of rotatable bonds is 9. The van der Waals surface area contributed by atoms with E-state index in [0.717, 1.165) is 43.2 Å². The normalized spacial score (nSPS) is 21.4. The summed E-state index contributed by atoms with van der Waals surface area (Å²) in [5.74, 6) is 3.49. The number of likely N-dealkylation sites (N-methyl/N-ethyl adjacent to an activating group) is 1. The molecule has 0 bridgehead atoms. The van der Waals surface area contributed by atoms with Gasteiger partial charge < -0.3 is 15.2 Å². The van der Waals surface area contributed by atoms with Gasteiger partial charge in [0.15, 0.2) is 11.8 Å². The van der Waals surface area contributed by atoms with Crippen molar-refractivity contribution >= 4 is 29.9 Å². The van der Waals surface area contributed by atoms with Crippen molar-refractivity contribution in [3.8, 4) is 0 Å². The number of aromatic nitrogens is 3. The Hall–Kier alpha value is -0.900. The van der Waals surface area contributed by atoms with Crippen LogP contribution in [0, 0.1) is 18.3 Å². The Balaban J connectivity index is 0.00000320. The van der Waals surface area contributed by atoms with Gasteiger partial charge in [0.2, 0.25) is 0 Å². The highest BCUT2D eigenvalue weighted by molar-refractivity contribution is 14.0. The molecule has 2 fully saturated rings. The molecule has 0 spiro atoms. The lowest BCUT2D eigenvalue weighted by molar-refractivity contribution is 0.104. The zero-order valence-electron chi connectivity index (χ0n) is 19.6. The van der Waals surface area contributed by atoms with E-state index in [2.05, 4.69) is 46.5 Å². The molecule has 0 amide bonds. The van der Waals surface area contributed by atoms with Gasteiger partial charge in [-0.05, 0) is 63.5 Å². The van der Waals surface area contributed by atoms with E-state index in [4.69, 9.17) is 4.99 Å². The van der Waals surface area contributed by atoms with Crippen molar-refractivity contribution in [3.63, 3.8) is 0 Å². The van der Waals surface area contributed by atoms with Crippen LogP contribution in [0.3, 0.4) is 0 Å². The average molecular weight is 532 g/mol. The van der Waals surface area contributed by atoms with Crippen LogP contribution in [-0.4, -0.2) is 57.8 Å². The van der Waals surface area contributed by atoms with Crippen LogP contribution in [0.1, 0.15) is 70.9 Å². The van der Waals surface area contributed by atoms with Crippen LogP contribution in [0.2, 0.25) is 0 Å². The molecule has 0 aromatic carbocycles. The maximum atomic E-state index is 4.87. The summed E-state index contributed by atoms with van der Waals surface area (Å²) in [5.41, 5.74) is 0.445. The quantitative estimate of drug-likeness (QED) is 0.290. The molecule has 2 aliphatic rings. The number of aliphatic imine (C=N–C) groups is 1. The minimum absolute atomic E-state index is 0. The number of halogens is 1. The Morgan fingerprint density at radius 2 is 2.00 bits per heavy atom. The molecular weight excluding hydrogens is 489 g/mol. The molecule has 30 heavy (non-hydrogen) atoms. The maximum Gasteiger partial charge on any atom is 0.191 e. The van der Waals surface area contributed by atoms with E-state index in [1.165, 1.54) is 45.1 Å². The second kappa shape index (κ2) is 11.6. The molecule has 8 heteroatoms. The summed E-state index contributed by atoms with van der Waals surface area (Å²) in [6, 6.07) is 0.609. The van der Waals surface area contributed by atoms with Gasteiger partial charge in [-0.1, -0.05) is 27.2 Å². The number of likely N-dealkylation sites (tertiary alicyclic amines) is 1. The average Bonchev–Trinajstić information content (AvgIpc) is 3.25. The number of hydrogen-bond donors (Lipinski definition) is 2. The van der Waals surface area contributed by atoms with Crippen molar-refractivity contribution in [2.24, 2.45) is 23.4 Å². The van der Waals surface area contributed by atoms with Crippen LogP contribution < -0.4 is 10.6 Å². The van der Waals surface area contributed by atoms with Gasteiger partial charge in [0.05, 0.1) is 0 Å². The lowest BCUT2D eigenvalue weighted by Crippen LogP contribution is -2.49. The van der Waals surface area contributed by atoms with Crippen molar-refractivity contribution in [1.29, 1.82) is 0 Å². The van der Waals surface area contributed by atoms with E-state index >= 15 is 0 Å². The van der Waals surface area contributed by atoms with E-state index in [1.807, 2.05) is 18.5 Å². The van der Waals surface area contributed by atoms with E-state index in [1.54, 1.807) is 0 Å². The molecule has 172 valence electrons. The molecule has 3 rings (SSSR count). The zero-order valence-corrected chi connectivity index (χ0v) is 21.9. The van der Waals surface area contributed by atoms with E-state index in [0.29, 0.717) is 18.0 Å². The van der Waals surface area contributed by atoms with Crippen molar-refractivity contribution in [1.82, 2.24) is 30.3 Å². The fourth-order valence-corrected chi connectivity index (χ4v) is 4.94. The summed E-state index contributed by atoms with van der Waals surface area (Å²) in [6.45, 7) is 13.8. The van der Waals surface area contributed by atoms with Crippen LogP contribution in [0.4, 0.5) is 0 Å². The lowest BCUT2D eigenvalue weighted by atomic mass is 9.64. The van der Waals surface area contributed by atoms with Crippen molar-refractivity contribution in [2.75, 3.05) is 26.2 Å². The van der Waals surface area contributed by atoms with Crippen molar-refractivity contribution in [3.05, 3.63) is 11.6 Å². The van der Waals surface area contributed by atoms with Gasteiger partial charge in [0.25, 0.3) is 0 Å². The molecule has 1 aromatic rings. The predicted molar refractivity (Wildman–Crippen MR) is 134 cm³/mol. The molecule has 1 aliphatic carbocycles. The zero-order chi connectivity index (χ0) is 20.9. The number of hydrogen-bond acceptors (Lipinski definition) is 4. The van der Waals surface area contributed by atoms with Crippen molar-refractivity contribution in [2.45, 2.75) is 78.8 Å². The van der Waals surface area contributed by atoms with Crippen LogP contribution in [0.5, 0.6) is 0 Å². The van der Waals surface area contributed by atoms with Gasteiger partial charge in [0, 0.05) is 26.2 Å². The third-order valence-electron chi connectivity index (χ3n) is 6.86. The fraction of sp³-hybridized carbons (Fsp3) is 0.864. The second-order valence-corrected chi connectivity index (χ2v) is 9.50. The van der Waals surface area contributed by atoms with Gasteiger partial charge in [-0.25, -0.2) is 4.99 Å². The van der Waals surface area contributed by atoms with E-state index in [-0.39, 0.29) is 24.0 Å². The molecule has 1 saturated heterocycles. The molecule has 1 atom stereocenters. The molecule has 1 saturated carbocycles. The number of aryl methyl sites for hydroxylation is 1. The predicted octanol–water partition coefficient (Wildman–Crippen LogP) is 3.48. The number of nitrogens with zero attached hydrogens (tertiary/aromatic N) is 5. The number of guanidine groups is 1. The summed E-state index contributed by atoms with van der Waals surface area (Å²) in [4.78, 5) is 7.45. The Morgan fingerprint density at radius 3 is 2.57 bits per heavy atom. The monoisotopic (exact) mass is 531 g/mol. The first-order chi connectivity index (χ1) is 13.9. The fourth-order valence-electron chi connectivity index (χ4n) is 4.94. The van der Waals surface area contributed by atoms with E-state index in [9.17, 15) is 0 Å². The Labute approximate surface area is 199 Å². The topological polar surface area (TPSA) is 70.4 Å². The first-order valence-electron chi connectivity index (χ1n) is 11.5. The third kappa shape index (κ3) is 6.55. The summed E-state index contributed by atoms with van der Waals surface area (Å²) in [7, 11) is 2.00. The molecule has 2 N–H and O–H groups in total. The lowest BCUT2D eigenvalue weighted by Gasteiger charge is -2.43. The van der Waals surface area contributed by atoms with Gasteiger partial charge in [-0.15, -0.1) is 34.2 Å². The van der Waals surface area contributed by atoms with Gasteiger partial charge in [-0.2, -0.15) is 0 Å². The minimum Gasteiger partial charge on any atom is -0.356 e. The number of nitrogens with one attached hydrogen (secondary N) is 2. The first kappa shape index (κ1) is 25.4. The standard InChI is InChI=1S/C22H41N7.HI/c1-6-29-12-7-9-19(29)14-23-21(24-15-20-27-26-18(4)28(20)5)25-16-22(10-8-11-22)13-17(2)3;/h17,19H,6-16H2,1-5H3,(H2,23,24,25);1H. The Morgan fingerprint density at radius 1 is 1.23 bits per heavy atom. The van der Waals surface area contributed by atoms with Crippen LogP contribution in [0.15, 0.2) is 4.99 Å². The highest BCUT2D eigenvalue weighted by Crippen LogP contribution is 2.45. The van der Waals surface area contributed by atoms with E-state index < -0.39 is 0 Å². The highest BCUT2D eigenvalue weighted by Gasteiger charge is 2.37. The largest absolute Gasteiger partial charge is 0.356 e. The van der Waals surface area contributed by atoms with Crippen LogP contribution in [-0.2, 0) is 13.6 Å². The smallest absolute Gasteiger partial charge is 0.191 e. The van der Waals surface area contributed by atoms with Crippen molar-refractivity contribution < 1.29 is 0 Å². The van der Waals surface area contributed by atoms with Gasteiger partial charge in [-0.3, -0.25) is 4.90 Å². The maximum absolute atomic E-state index is 4.87. The van der Waals surface area contributed by atoms with Gasteiger partial charge >= 0.3 is 0 Å². The summed E-state index contributed by atoms with van der Waals surface area (Å²) in [6.07, 6.45) is 7.89.